The van der Waals surface area contributed by atoms with Gasteiger partial charge in [-0.2, -0.15) is 4.68 Å². The zero-order chi connectivity index (χ0) is 14.1. The molecule has 0 saturated heterocycles. The Morgan fingerprint density at radius 3 is 2.65 bits per heavy atom. The molecule has 0 amide bonds. The molecule has 5 nitrogen and oxygen atoms in total. The first-order valence-corrected chi connectivity index (χ1v) is 7.28. The van der Waals surface area contributed by atoms with Gasteiger partial charge >= 0.3 is 0 Å². The molecule has 20 heavy (non-hydrogen) atoms. The predicted octanol–water partition coefficient (Wildman–Crippen LogP) is 2.81. The average molecular weight is 306 g/mol. The molecule has 2 heterocycles. The molecule has 0 bridgehead atoms. The highest BCUT2D eigenvalue weighted by Crippen LogP contribution is 2.27. The molecule has 0 atom stereocenters. The summed E-state index contributed by atoms with van der Waals surface area (Å²) in [4.78, 5) is 4.44. The van der Waals surface area contributed by atoms with E-state index in [0.717, 1.165) is 27.8 Å². The minimum absolute atomic E-state index is 0.322. The quantitative estimate of drug-likeness (QED) is 0.808. The van der Waals surface area contributed by atoms with Gasteiger partial charge in [0.05, 0.1) is 5.69 Å². The van der Waals surface area contributed by atoms with E-state index >= 15 is 0 Å². The third-order valence-electron chi connectivity index (χ3n) is 2.84. The summed E-state index contributed by atoms with van der Waals surface area (Å²) in [5.41, 5.74) is 9.27. The fourth-order valence-electron chi connectivity index (χ4n) is 1.92. The van der Waals surface area contributed by atoms with Gasteiger partial charge in [0.1, 0.15) is 11.4 Å². The molecule has 0 aliphatic rings. The molecule has 102 valence electrons. The van der Waals surface area contributed by atoms with Gasteiger partial charge in [0.2, 0.25) is 5.13 Å². The largest absolute Gasteiger partial charge is 0.325 e. The van der Waals surface area contributed by atoms with Crippen molar-refractivity contribution in [3.63, 3.8) is 0 Å². The lowest BCUT2D eigenvalue weighted by atomic mass is 10.1. The van der Waals surface area contributed by atoms with E-state index in [0.29, 0.717) is 11.6 Å². The first-order chi connectivity index (χ1) is 9.69. The minimum Gasteiger partial charge on any atom is -0.325 e. The Kier molecular flexibility index (Phi) is 3.52. The van der Waals surface area contributed by atoms with Crippen LogP contribution in [-0.2, 0) is 6.54 Å². The van der Waals surface area contributed by atoms with Crippen molar-refractivity contribution in [1.82, 2.24) is 20.0 Å². The van der Waals surface area contributed by atoms with Gasteiger partial charge in [-0.25, -0.2) is 4.98 Å². The number of nitrogens with zero attached hydrogens (tertiary/aromatic N) is 4. The summed E-state index contributed by atoms with van der Waals surface area (Å²) in [7, 11) is 0. The highest BCUT2D eigenvalue weighted by atomic mass is 35.5. The molecule has 0 fully saturated rings. The zero-order valence-corrected chi connectivity index (χ0v) is 12.3. The molecule has 0 radical (unpaired) electrons. The smallest absolute Gasteiger partial charge is 0.212 e. The molecule has 0 spiro atoms. The van der Waals surface area contributed by atoms with Crippen LogP contribution in [0, 0.1) is 6.92 Å². The maximum atomic E-state index is 5.93. The lowest BCUT2D eigenvalue weighted by Gasteiger charge is -2.05. The molecule has 1 aromatic carbocycles. The lowest BCUT2D eigenvalue weighted by Crippen LogP contribution is -2.02. The van der Waals surface area contributed by atoms with Crippen LogP contribution in [0.2, 0.25) is 5.02 Å². The van der Waals surface area contributed by atoms with E-state index in [-0.39, 0.29) is 0 Å². The summed E-state index contributed by atoms with van der Waals surface area (Å²) in [6.07, 6.45) is 0. The molecule has 0 unspecified atom stereocenters. The molecule has 0 aliphatic carbocycles. The lowest BCUT2D eigenvalue weighted by molar-refractivity contribution is 0.792. The molecule has 0 saturated carbocycles. The normalized spacial score (nSPS) is 10.9. The van der Waals surface area contributed by atoms with Crippen molar-refractivity contribution >= 4 is 22.9 Å². The van der Waals surface area contributed by atoms with Gasteiger partial charge in [0.25, 0.3) is 0 Å². The van der Waals surface area contributed by atoms with Crippen LogP contribution in [0.4, 0.5) is 0 Å². The monoisotopic (exact) mass is 305 g/mol. The maximum Gasteiger partial charge on any atom is 0.212 e. The summed E-state index contributed by atoms with van der Waals surface area (Å²) >= 11 is 7.45. The van der Waals surface area contributed by atoms with Crippen LogP contribution in [-0.4, -0.2) is 20.0 Å². The van der Waals surface area contributed by atoms with E-state index in [9.17, 15) is 0 Å². The van der Waals surface area contributed by atoms with Crippen LogP contribution in [0.5, 0.6) is 0 Å². The minimum atomic E-state index is 0.322. The number of halogens is 1. The van der Waals surface area contributed by atoms with Crippen LogP contribution in [0.25, 0.3) is 16.4 Å². The highest BCUT2D eigenvalue weighted by molar-refractivity contribution is 7.12. The maximum absolute atomic E-state index is 5.93. The summed E-state index contributed by atoms with van der Waals surface area (Å²) in [6.45, 7) is 2.27. The second-order valence-electron chi connectivity index (χ2n) is 4.28. The van der Waals surface area contributed by atoms with E-state index in [1.54, 1.807) is 4.68 Å². The van der Waals surface area contributed by atoms with Gasteiger partial charge in [-0.15, -0.1) is 16.4 Å². The van der Waals surface area contributed by atoms with Crippen molar-refractivity contribution in [1.29, 1.82) is 0 Å². The predicted molar refractivity (Wildman–Crippen MR) is 80.1 cm³/mol. The van der Waals surface area contributed by atoms with Crippen LogP contribution in [0.15, 0.2) is 29.6 Å². The van der Waals surface area contributed by atoms with Gasteiger partial charge < -0.3 is 5.73 Å². The average Bonchev–Trinajstić information content (AvgIpc) is 3.05. The number of thiazole rings is 1. The fourth-order valence-corrected chi connectivity index (χ4v) is 2.80. The van der Waals surface area contributed by atoms with E-state index in [2.05, 4.69) is 15.3 Å². The van der Waals surface area contributed by atoms with Crippen molar-refractivity contribution in [3.8, 4) is 16.4 Å². The summed E-state index contributed by atoms with van der Waals surface area (Å²) in [5, 5.41) is 11.8. The second-order valence-corrected chi connectivity index (χ2v) is 5.55. The molecule has 2 aromatic heterocycles. The summed E-state index contributed by atoms with van der Waals surface area (Å²) < 4.78 is 1.73. The number of hydrogen-bond donors (Lipinski definition) is 1. The molecule has 0 aliphatic heterocycles. The van der Waals surface area contributed by atoms with Gasteiger partial charge in [-0.3, -0.25) is 0 Å². The Morgan fingerprint density at radius 1 is 1.30 bits per heavy atom. The standard InChI is InChI=1S/C13H12ClN5S/c1-8-7-20-13(16-8)19-12(11(6-15)17-18-19)9-2-4-10(14)5-3-9/h2-5,7H,6,15H2,1H3. The van der Waals surface area contributed by atoms with E-state index in [4.69, 9.17) is 17.3 Å². The Labute approximate surface area is 125 Å². The first-order valence-electron chi connectivity index (χ1n) is 6.02. The van der Waals surface area contributed by atoms with Crippen LogP contribution >= 0.6 is 22.9 Å². The van der Waals surface area contributed by atoms with E-state index < -0.39 is 0 Å². The second kappa shape index (κ2) is 5.32. The van der Waals surface area contributed by atoms with E-state index in [1.807, 2.05) is 36.6 Å². The highest BCUT2D eigenvalue weighted by Gasteiger charge is 2.17. The summed E-state index contributed by atoms with van der Waals surface area (Å²) in [6, 6.07) is 7.53. The molecule has 2 N–H and O–H groups in total. The van der Waals surface area contributed by atoms with Crippen molar-refractivity contribution in [2.45, 2.75) is 13.5 Å². The number of aryl methyl sites for hydroxylation is 1. The number of rotatable bonds is 3. The number of hydrogen-bond acceptors (Lipinski definition) is 5. The van der Waals surface area contributed by atoms with Gasteiger partial charge in [-0.05, 0) is 19.1 Å². The number of nitrogens with two attached hydrogens (primary N) is 1. The van der Waals surface area contributed by atoms with Crippen molar-refractivity contribution in [3.05, 3.63) is 46.1 Å². The van der Waals surface area contributed by atoms with Crippen molar-refractivity contribution < 1.29 is 0 Å². The molecular formula is C13H12ClN5S. The third kappa shape index (κ3) is 2.33. The van der Waals surface area contributed by atoms with E-state index in [1.165, 1.54) is 11.3 Å². The van der Waals surface area contributed by atoms with Crippen molar-refractivity contribution in [2.24, 2.45) is 5.73 Å². The Balaban J connectivity index is 2.17. The SMILES string of the molecule is Cc1csc(-n2nnc(CN)c2-c2ccc(Cl)cc2)n1. The Bertz CT molecular complexity index is 732. The van der Waals surface area contributed by atoms with Crippen LogP contribution in [0.3, 0.4) is 0 Å². The molecule has 3 rings (SSSR count). The Hall–Kier alpha value is -1.76. The fraction of sp³-hybridized carbons (Fsp3) is 0.154. The van der Waals surface area contributed by atoms with Crippen LogP contribution < -0.4 is 5.73 Å². The zero-order valence-electron chi connectivity index (χ0n) is 10.7. The molecular weight excluding hydrogens is 294 g/mol. The van der Waals surface area contributed by atoms with Gasteiger partial charge in [-0.1, -0.05) is 28.9 Å². The topological polar surface area (TPSA) is 69.6 Å². The summed E-state index contributed by atoms with van der Waals surface area (Å²) in [5.74, 6) is 0. The Morgan fingerprint density at radius 2 is 2.05 bits per heavy atom. The number of aromatic nitrogens is 4. The first kappa shape index (κ1) is 13.2. The molecule has 7 heteroatoms. The number of benzene rings is 1. The van der Waals surface area contributed by atoms with Crippen molar-refractivity contribution in [2.75, 3.05) is 0 Å². The van der Waals surface area contributed by atoms with Gasteiger partial charge in [0.15, 0.2) is 0 Å². The van der Waals surface area contributed by atoms with Gasteiger partial charge in [0, 0.05) is 22.5 Å². The third-order valence-corrected chi connectivity index (χ3v) is 4.03. The molecule has 3 aromatic rings. The van der Waals surface area contributed by atoms with Crippen LogP contribution in [0.1, 0.15) is 11.4 Å².